The summed E-state index contributed by atoms with van der Waals surface area (Å²) in [4.78, 5) is 2.37. The summed E-state index contributed by atoms with van der Waals surface area (Å²) in [6.07, 6.45) is 1.96. The molecule has 1 aromatic rings. The third kappa shape index (κ3) is 3.68. The average Bonchev–Trinajstić information content (AvgIpc) is 3.40. The monoisotopic (exact) mass is 340 g/mol. The van der Waals surface area contributed by atoms with Gasteiger partial charge in [0.15, 0.2) is 0 Å². The number of aliphatic hydroxyl groups excluding tert-OH is 1. The Morgan fingerprint density at radius 2 is 1.87 bits per heavy atom. The zero-order valence-corrected chi connectivity index (χ0v) is 14.2. The Kier molecular flexibility index (Phi) is 4.91. The minimum atomic E-state index is -3.54. The van der Waals surface area contributed by atoms with Gasteiger partial charge in [0.1, 0.15) is 10.6 Å². The van der Waals surface area contributed by atoms with E-state index in [9.17, 15) is 13.5 Å². The van der Waals surface area contributed by atoms with Crippen LogP contribution in [0.2, 0.25) is 0 Å². The van der Waals surface area contributed by atoms with Gasteiger partial charge in [-0.15, -0.1) is 0 Å². The van der Waals surface area contributed by atoms with Crippen LogP contribution in [0.25, 0.3) is 0 Å². The zero-order chi connectivity index (χ0) is 16.4. The van der Waals surface area contributed by atoms with Crippen molar-refractivity contribution in [2.75, 3.05) is 39.8 Å². The standard InChI is InChI=1S/C16H24N2O4S/c1-22-15-4-2-3-5-16(15)23(20,21)18-10-8-17(9-11-18)12-14(19)13-6-7-13/h2-5,13-14,19H,6-12H2,1H3/t14-/m0/s1. The quantitative estimate of drug-likeness (QED) is 0.828. The molecule has 0 amide bonds. The van der Waals surface area contributed by atoms with Crippen LogP contribution in [-0.2, 0) is 10.0 Å². The summed E-state index contributed by atoms with van der Waals surface area (Å²) in [6, 6.07) is 6.71. The van der Waals surface area contributed by atoms with Crippen molar-refractivity contribution >= 4 is 10.0 Å². The molecule has 1 aliphatic carbocycles. The van der Waals surface area contributed by atoms with Crippen LogP contribution < -0.4 is 4.74 Å². The van der Waals surface area contributed by atoms with E-state index in [4.69, 9.17) is 4.74 Å². The Labute approximate surface area is 137 Å². The minimum Gasteiger partial charge on any atom is -0.495 e. The first-order valence-corrected chi connectivity index (χ1v) is 9.50. The van der Waals surface area contributed by atoms with Crippen molar-refractivity contribution in [1.82, 2.24) is 9.21 Å². The molecule has 0 bridgehead atoms. The summed E-state index contributed by atoms with van der Waals surface area (Å²) in [5.74, 6) is 0.824. The molecule has 0 radical (unpaired) electrons. The fraction of sp³-hybridized carbons (Fsp3) is 0.625. The summed E-state index contributed by atoms with van der Waals surface area (Å²) in [6.45, 7) is 2.83. The van der Waals surface area contributed by atoms with Gasteiger partial charge in [-0.3, -0.25) is 4.90 Å². The van der Waals surface area contributed by atoms with E-state index in [0.29, 0.717) is 44.4 Å². The van der Waals surface area contributed by atoms with Gasteiger partial charge in [-0.1, -0.05) is 12.1 Å². The molecule has 2 fully saturated rings. The number of para-hydroxylation sites is 1. The van der Waals surface area contributed by atoms with Crippen molar-refractivity contribution < 1.29 is 18.3 Å². The second kappa shape index (κ2) is 6.76. The molecule has 7 heteroatoms. The van der Waals surface area contributed by atoms with Crippen LogP contribution in [-0.4, -0.2) is 68.7 Å². The Morgan fingerprint density at radius 1 is 1.22 bits per heavy atom. The lowest BCUT2D eigenvalue weighted by atomic mass is 10.2. The van der Waals surface area contributed by atoms with E-state index in [1.165, 1.54) is 11.4 Å². The molecule has 0 spiro atoms. The minimum absolute atomic E-state index is 0.217. The SMILES string of the molecule is COc1ccccc1S(=O)(=O)N1CCN(C[C@H](O)C2CC2)CC1. The Morgan fingerprint density at radius 3 is 2.48 bits per heavy atom. The lowest BCUT2D eigenvalue weighted by Crippen LogP contribution is -2.50. The molecule has 1 saturated heterocycles. The van der Waals surface area contributed by atoms with Gasteiger partial charge in [-0.05, 0) is 30.9 Å². The van der Waals surface area contributed by atoms with E-state index in [-0.39, 0.29) is 11.0 Å². The van der Waals surface area contributed by atoms with Crippen LogP contribution in [0.5, 0.6) is 5.75 Å². The van der Waals surface area contributed by atoms with Crippen molar-refractivity contribution in [3.05, 3.63) is 24.3 Å². The number of sulfonamides is 1. The molecule has 1 atom stereocenters. The molecule has 6 nitrogen and oxygen atoms in total. The molecule has 1 aromatic carbocycles. The molecule has 1 saturated carbocycles. The largest absolute Gasteiger partial charge is 0.495 e. The fourth-order valence-electron chi connectivity index (χ4n) is 3.02. The lowest BCUT2D eigenvalue weighted by Gasteiger charge is -2.35. The van der Waals surface area contributed by atoms with Crippen molar-refractivity contribution in [1.29, 1.82) is 0 Å². The van der Waals surface area contributed by atoms with E-state index in [2.05, 4.69) is 4.90 Å². The fourth-order valence-corrected chi connectivity index (χ4v) is 4.60. The van der Waals surface area contributed by atoms with Crippen LogP contribution in [0, 0.1) is 5.92 Å². The van der Waals surface area contributed by atoms with Crippen LogP contribution >= 0.6 is 0 Å². The molecule has 1 heterocycles. The van der Waals surface area contributed by atoms with Crippen molar-refractivity contribution in [3.8, 4) is 5.75 Å². The van der Waals surface area contributed by atoms with Gasteiger partial charge in [0, 0.05) is 32.7 Å². The van der Waals surface area contributed by atoms with Crippen molar-refractivity contribution in [2.45, 2.75) is 23.8 Å². The average molecular weight is 340 g/mol. The maximum absolute atomic E-state index is 12.8. The summed E-state index contributed by atoms with van der Waals surface area (Å²) in [7, 11) is -2.06. The highest BCUT2D eigenvalue weighted by atomic mass is 32.2. The van der Waals surface area contributed by atoms with Gasteiger partial charge in [-0.2, -0.15) is 4.31 Å². The number of benzene rings is 1. The van der Waals surface area contributed by atoms with Crippen LogP contribution in [0.15, 0.2) is 29.2 Å². The van der Waals surface area contributed by atoms with E-state index in [0.717, 1.165) is 12.8 Å². The highest BCUT2D eigenvalue weighted by Gasteiger charge is 2.34. The molecule has 2 aliphatic rings. The number of hydrogen-bond donors (Lipinski definition) is 1. The van der Waals surface area contributed by atoms with Crippen LogP contribution in [0.4, 0.5) is 0 Å². The third-order valence-corrected chi connectivity index (χ3v) is 6.57. The number of rotatable bonds is 6. The highest BCUT2D eigenvalue weighted by molar-refractivity contribution is 7.89. The van der Waals surface area contributed by atoms with E-state index >= 15 is 0 Å². The number of ether oxygens (including phenoxy) is 1. The Balaban J connectivity index is 1.64. The lowest BCUT2D eigenvalue weighted by molar-refractivity contribution is 0.0781. The molecular weight excluding hydrogens is 316 g/mol. The second-order valence-electron chi connectivity index (χ2n) is 6.26. The van der Waals surface area contributed by atoms with Crippen LogP contribution in [0.1, 0.15) is 12.8 Å². The topological polar surface area (TPSA) is 70.1 Å². The number of piperazine rings is 1. The maximum atomic E-state index is 12.8. The molecule has 0 unspecified atom stereocenters. The summed E-state index contributed by atoms with van der Waals surface area (Å²) in [5.41, 5.74) is 0. The first kappa shape index (κ1) is 16.7. The zero-order valence-electron chi connectivity index (χ0n) is 13.4. The van der Waals surface area contributed by atoms with E-state index in [1.807, 2.05) is 0 Å². The predicted octanol–water partition coefficient (Wildman–Crippen LogP) is 0.772. The van der Waals surface area contributed by atoms with Crippen molar-refractivity contribution in [3.63, 3.8) is 0 Å². The van der Waals surface area contributed by atoms with E-state index < -0.39 is 10.0 Å². The number of methoxy groups -OCH3 is 1. The van der Waals surface area contributed by atoms with Gasteiger partial charge in [-0.25, -0.2) is 8.42 Å². The maximum Gasteiger partial charge on any atom is 0.246 e. The Hall–Kier alpha value is -1.15. The van der Waals surface area contributed by atoms with Crippen molar-refractivity contribution in [2.24, 2.45) is 5.92 Å². The molecule has 1 N–H and O–H groups in total. The summed E-state index contributed by atoms with van der Waals surface area (Å²) in [5, 5.41) is 10.0. The smallest absolute Gasteiger partial charge is 0.246 e. The number of β-amino-alcohol motifs (C(OH)–C–C–N with tert-alkyl or cyclic N) is 1. The van der Waals surface area contributed by atoms with E-state index in [1.54, 1.807) is 24.3 Å². The molecule has 1 aliphatic heterocycles. The second-order valence-corrected chi connectivity index (χ2v) is 8.17. The first-order chi connectivity index (χ1) is 11.0. The molecule has 128 valence electrons. The number of aliphatic hydroxyl groups is 1. The van der Waals surface area contributed by atoms with Gasteiger partial charge < -0.3 is 9.84 Å². The van der Waals surface area contributed by atoms with Crippen LogP contribution in [0.3, 0.4) is 0 Å². The van der Waals surface area contributed by atoms with Gasteiger partial charge in [0.05, 0.1) is 13.2 Å². The summed E-state index contributed by atoms with van der Waals surface area (Å²) >= 11 is 0. The molecule has 3 rings (SSSR count). The molecule has 0 aromatic heterocycles. The van der Waals surface area contributed by atoms with Gasteiger partial charge in [0.25, 0.3) is 0 Å². The molecule has 23 heavy (non-hydrogen) atoms. The Bertz CT molecular complexity index is 637. The number of hydrogen-bond acceptors (Lipinski definition) is 5. The molecular formula is C16H24N2O4S. The first-order valence-electron chi connectivity index (χ1n) is 8.06. The third-order valence-electron chi connectivity index (χ3n) is 4.63. The van der Waals surface area contributed by atoms with Gasteiger partial charge in [0.2, 0.25) is 10.0 Å². The summed E-state index contributed by atoms with van der Waals surface area (Å²) < 4.78 is 32.3. The predicted molar refractivity (Wildman–Crippen MR) is 86.9 cm³/mol. The van der Waals surface area contributed by atoms with Gasteiger partial charge >= 0.3 is 0 Å². The highest BCUT2D eigenvalue weighted by Crippen LogP contribution is 2.33. The normalized spacial score (nSPS) is 22.0. The number of nitrogens with zero attached hydrogens (tertiary/aromatic N) is 2.